The van der Waals surface area contributed by atoms with Crippen molar-refractivity contribution in [2.75, 3.05) is 40.9 Å². The quantitative estimate of drug-likeness (QED) is 0.0161. The molecule has 0 radical (unpaired) electrons. The summed E-state index contributed by atoms with van der Waals surface area (Å²) >= 11 is 0. The number of allylic oxidation sites excluding steroid dienone is 13. The Balaban J connectivity index is 5.42. The van der Waals surface area contributed by atoms with Gasteiger partial charge in [-0.15, -0.1) is 0 Å². The van der Waals surface area contributed by atoms with Gasteiger partial charge in [0.1, 0.15) is 19.3 Å². The second-order valence-electron chi connectivity index (χ2n) is 20.1. The Morgan fingerprint density at radius 2 is 0.971 bits per heavy atom. The van der Waals surface area contributed by atoms with Crippen LogP contribution in [0, 0.1) is 0 Å². The van der Waals surface area contributed by atoms with E-state index in [4.69, 9.17) is 13.8 Å². The number of carbonyl (C=O) groups excluding carboxylic acids is 2. The summed E-state index contributed by atoms with van der Waals surface area (Å²) in [6.07, 6.45) is 64.0. The van der Waals surface area contributed by atoms with Crippen LogP contribution in [0.2, 0.25) is 0 Å². The van der Waals surface area contributed by atoms with Gasteiger partial charge in [0, 0.05) is 12.8 Å². The lowest BCUT2D eigenvalue weighted by atomic mass is 10.0. The lowest BCUT2D eigenvalue weighted by Crippen LogP contribution is -2.47. The zero-order chi connectivity index (χ0) is 51.5. The van der Waals surface area contributed by atoms with Crippen molar-refractivity contribution in [1.29, 1.82) is 0 Å². The van der Waals surface area contributed by atoms with Gasteiger partial charge in [0.05, 0.1) is 33.8 Å². The molecule has 0 fully saturated rings. The smallest absolute Gasteiger partial charge is 0.306 e. The molecule has 0 aliphatic heterocycles. The second-order valence-corrected chi connectivity index (χ2v) is 21.5. The largest absolute Gasteiger partial charge is 0.756 e. The van der Waals surface area contributed by atoms with E-state index in [-0.39, 0.29) is 31.3 Å². The highest BCUT2D eigenvalue weighted by molar-refractivity contribution is 7.45. The van der Waals surface area contributed by atoms with Gasteiger partial charge < -0.3 is 28.5 Å². The monoisotopic (exact) mass is 999 g/mol. The van der Waals surface area contributed by atoms with Crippen LogP contribution in [0.1, 0.15) is 233 Å². The van der Waals surface area contributed by atoms with Crippen molar-refractivity contribution in [3.05, 3.63) is 85.1 Å². The Kier molecular flexibility index (Phi) is 47.8. The van der Waals surface area contributed by atoms with Crippen LogP contribution in [0.25, 0.3) is 0 Å². The third-order valence-corrected chi connectivity index (χ3v) is 13.1. The summed E-state index contributed by atoms with van der Waals surface area (Å²) < 4.78 is 30.2. The van der Waals surface area contributed by atoms with E-state index in [2.05, 4.69) is 99.0 Å². The second kappa shape index (κ2) is 49.8. The molecule has 0 spiro atoms. The van der Waals surface area contributed by atoms with Crippen LogP contribution in [0.4, 0.5) is 0 Å². The fourth-order valence-electron chi connectivity index (χ4n) is 7.70. The van der Waals surface area contributed by atoms with Crippen molar-refractivity contribution in [2.24, 2.45) is 0 Å². The van der Waals surface area contributed by atoms with E-state index in [0.29, 0.717) is 23.9 Å². The van der Waals surface area contributed by atoms with Crippen molar-refractivity contribution >= 4 is 19.7 Å². The summed E-state index contributed by atoms with van der Waals surface area (Å²) in [5.41, 5.74) is 0. The number of likely N-dealkylation sites (N-methyl/N-ethyl adjacent to an activating group) is 1. The van der Waals surface area contributed by atoms with Gasteiger partial charge in [-0.2, -0.15) is 0 Å². The molecule has 1 N–H and O–H groups in total. The molecule has 0 aromatic heterocycles. The van der Waals surface area contributed by atoms with Gasteiger partial charge in [-0.25, -0.2) is 0 Å². The van der Waals surface area contributed by atoms with E-state index in [1.807, 2.05) is 33.3 Å². The molecule has 0 heterocycles. The summed E-state index contributed by atoms with van der Waals surface area (Å²) in [5.74, 6) is -0.585. The minimum Gasteiger partial charge on any atom is -0.756 e. The molecule has 70 heavy (non-hydrogen) atoms. The van der Waals surface area contributed by atoms with Crippen LogP contribution in [0.3, 0.4) is 0 Å². The molecule has 0 aliphatic carbocycles. The third-order valence-electron chi connectivity index (χ3n) is 12.1. The normalized spacial score (nSPS) is 14.4. The van der Waals surface area contributed by atoms with Crippen molar-refractivity contribution in [3.8, 4) is 0 Å². The minimum absolute atomic E-state index is 0.0327. The van der Waals surface area contributed by atoms with Crippen molar-refractivity contribution < 1.29 is 37.3 Å². The van der Waals surface area contributed by atoms with E-state index >= 15 is 0 Å². The minimum atomic E-state index is -4.71. The number of esters is 1. The van der Waals surface area contributed by atoms with Crippen LogP contribution in [-0.2, 0) is 27.9 Å². The first-order chi connectivity index (χ1) is 33.9. The van der Waals surface area contributed by atoms with E-state index < -0.39 is 26.6 Å². The Bertz CT molecular complexity index is 1480. The molecule has 0 rings (SSSR count). The molecule has 3 unspecified atom stereocenters. The molecule has 0 bridgehead atoms. The molecule has 0 aromatic carbocycles. The highest BCUT2D eigenvalue weighted by Gasteiger charge is 2.27. The average molecular weight is 999 g/mol. The molecule has 0 saturated carbocycles. The maximum atomic E-state index is 13.5. The number of unbranched alkanes of at least 4 members (excludes halogenated alkanes) is 24. The molecule has 9 nitrogen and oxygen atoms in total. The first-order valence-electron chi connectivity index (χ1n) is 28.4. The van der Waals surface area contributed by atoms with Gasteiger partial charge in [0.15, 0.2) is 0 Å². The first-order valence-corrected chi connectivity index (χ1v) is 29.9. The third kappa shape index (κ3) is 50.1. The molecule has 10 heteroatoms. The van der Waals surface area contributed by atoms with Gasteiger partial charge in [-0.3, -0.25) is 14.2 Å². The van der Waals surface area contributed by atoms with Gasteiger partial charge in [-0.1, -0.05) is 215 Å². The number of quaternary nitrogens is 1. The van der Waals surface area contributed by atoms with Crippen LogP contribution >= 0.6 is 7.82 Å². The van der Waals surface area contributed by atoms with Gasteiger partial charge in [0.25, 0.3) is 7.82 Å². The first kappa shape index (κ1) is 67.2. The fourth-order valence-corrected chi connectivity index (χ4v) is 8.43. The number of amides is 1. The summed E-state index contributed by atoms with van der Waals surface area (Å²) in [6.45, 7) is 6.64. The van der Waals surface area contributed by atoms with Crippen LogP contribution < -0.4 is 10.2 Å². The Morgan fingerprint density at radius 1 is 0.529 bits per heavy atom. The number of carbonyl (C=O) groups is 2. The van der Waals surface area contributed by atoms with Gasteiger partial charge >= 0.3 is 5.97 Å². The standard InChI is InChI=1S/C60H107N2O7P/c1-7-10-13-16-19-22-25-28-30-31-33-34-37-40-43-46-49-52-59(63)61-57(56-68-70(65,66)67-55-54-62(4,5)6)58(51-48-45-42-39-36-27-24-21-18-15-12-9-3)69-60(64)53-50-47-44-41-38-35-32-29-26-23-20-17-14-11-8-2/h11,14,17,19-20,22-23,26,28,30,33-34,48,51,57-58H,7-10,12-13,15-16,18,21,24-25,27,29,31-32,35-47,49-50,52-56H2,1-6H3,(H-,61,63,65,66)/b14-11+,20-17+,22-19-,26-23+,30-28-,34-33-,51-48+. The van der Waals surface area contributed by atoms with Crippen molar-refractivity contribution in [3.63, 3.8) is 0 Å². The maximum absolute atomic E-state index is 13.5. The molecule has 0 aromatic rings. The van der Waals surface area contributed by atoms with E-state index in [1.165, 1.54) is 96.3 Å². The topological polar surface area (TPSA) is 114 Å². The van der Waals surface area contributed by atoms with E-state index in [1.54, 1.807) is 0 Å². The number of hydrogen-bond acceptors (Lipinski definition) is 7. The number of hydrogen-bond donors (Lipinski definition) is 1. The zero-order valence-electron chi connectivity index (χ0n) is 45.9. The average Bonchev–Trinajstić information content (AvgIpc) is 3.32. The van der Waals surface area contributed by atoms with Crippen molar-refractivity contribution in [2.45, 2.75) is 245 Å². The van der Waals surface area contributed by atoms with Crippen LogP contribution in [-0.4, -0.2) is 69.4 Å². The highest BCUT2D eigenvalue weighted by atomic mass is 31.2. The number of nitrogens with zero attached hydrogens (tertiary/aromatic N) is 1. The lowest BCUT2D eigenvalue weighted by molar-refractivity contribution is -0.870. The zero-order valence-corrected chi connectivity index (χ0v) is 46.8. The number of phosphoric ester groups is 1. The fraction of sp³-hybridized carbons (Fsp3) is 0.733. The number of ether oxygens (including phenoxy) is 1. The van der Waals surface area contributed by atoms with E-state index in [0.717, 1.165) is 89.9 Å². The predicted molar refractivity (Wildman–Crippen MR) is 298 cm³/mol. The van der Waals surface area contributed by atoms with Gasteiger partial charge in [0.2, 0.25) is 5.91 Å². The van der Waals surface area contributed by atoms with Crippen LogP contribution in [0.15, 0.2) is 85.1 Å². The van der Waals surface area contributed by atoms with E-state index in [9.17, 15) is 19.0 Å². The number of nitrogens with one attached hydrogen (secondary N) is 1. The maximum Gasteiger partial charge on any atom is 0.306 e. The summed E-state index contributed by atoms with van der Waals surface area (Å²) in [5, 5.41) is 3.00. The number of phosphoric acid groups is 1. The van der Waals surface area contributed by atoms with Crippen molar-refractivity contribution in [1.82, 2.24) is 5.32 Å². The SMILES string of the molecule is CC/C=C/C=C/C=C/CCCCCCCCCC(=O)OC(/C=C/CCCCCCCCCCCC)C(COP(=O)([O-])OCC[N+](C)(C)C)NC(=O)CCCCCC/C=C\C/C=C\C/C=C\CCCCC. The molecule has 3 atom stereocenters. The van der Waals surface area contributed by atoms with Crippen LogP contribution in [0.5, 0.6) is 0 Å². The lowest BCUT2D eigenvalue weighted by Gasteiger charge is -2.30. The predicted octanol–water partition coefficient (Wildman–Crippen LogP) is 16.4. The Morgan fingerprint density at radius 3 is 1.51 bits per heavy atom. The molecular weight excluding hydrogens is 892 g/mol. The molecule has 404 valence electrons. The highest BCUT2D eigenvalue weighted by Crippen LogP contribution is 2.38. The Hall–Kier alpha value is -2.81. The van der Waals surface area contributed by atoms with Gasteiger partial charge in [-0.05, 0) is 89.5 Å². The summed E-state index contributed by atoms with van der Waals surface area (Å²) in [4.78, 5) is 39.8. The Labute approximate surface area is 431 Å². The molecule has 0 saturated heterocycles. The molecule has 0 aliphatic rings. The molecule has 1 amide bonds. The molecular formula is C60H107N2O7P. The summed E-state index contributed by atoms with van der Waals surface area (Å²) in [7, 11) is 1.15. The number of rotatable bonds is 50. The summed E-state index contributed by atoms with van der Waals surface area (Å²) in [6, 6.07) is -0.908.